The molecule has 2 nitrogen and oxygen atoms in total. The maximum absolute atomic E-state index is 2.72. The Labute approximate surface area is 117 Å². The number of fused-ring (bicyclic) bond motifs is 1. The summed E-state index contributed by atoms with van der Waals surface area (Å²) in [6.07, 6.45) is 2.77. The molecule has 2 saturated heterocycles. The van der Waals surface area contributed by atoms with Crippen molar-refractivity contribution in [3.63, 3.8) is 0 Å². The third-order valence-electron chi connectivity index (χ3n) is 4.92. The van der Waals surface area contributed by atoms with Crippen molar-refractivity contribution in [3.05, 3.63) is 29.8 Å². The molecular formula is C17H26N2. The molecule has 0 radical (unpaired) electrons. The molecule has 104 valence electrons. The first-order valence-corrected chi connectivity index (χ1v) is 7.73. The standard InChI is InChI=1S/C17H26N2/c1-13(2)17-12-18-10-6-8-15(18)11-19(17)16-9-5-4-7-14(16)3/h4-5,7,9,13,15,17H,6,8,10-12H2,1-3H3. The van der Waals surface area contributed by atoms with Gasteiger partial charge in [-0.15, -0.1) is 0 Å². The minimum absolute atomic E-state index is 0.662. The first-order chi connectivity index (χ1) is 9.16. The molecule has 0 aliphatic carbocycles. The minimum Gasteiger partial charge on any atom is -0.365 e. The van der Waals surface area contributed by atoms with Gasteiger partial charge in [0.2, 0.25) is 0 Å². The summed E-state index contributed by atoms with van der Waals surface area (Å²) >= 11 is 0. The van der Waals surface area contributed by atoms with Crippen LogP contribution in [0, 0.1) is 12.8 Å². The van der Waals surface area contributed by atoms with Crippen LogP contribution in [-0.2, 0) is 0 Å². The van der Waals surface area contributed by atoms with Gasteiger partial charge in [0, 0.05) is 30.9 Å². The van der Waals surface area contributed by atoms with Crippen LogP contribution >= 0.6 is 0 Å². The third-order valence-corrected chi connectivity index (χ3v) is 4.92. The summed E-state index contributed by atoms with van der Waals surface area (Å²) in [6.45, 7) is 10.8. The Balaban J connectivity index is 1.90. The van der Waals surface area contributed by atoms with Gasteiger partial charge >= 0.3 is 0 Å². The molecule has 0 amide bonds. The van der Waals surface area contributed by atoms with Gasteiger partial charge in [0.05, 0.1) is 0 Å². The van der Waals surface area contributed by atoms with E-state index in [1.54, 1.807) is 0 Å². The first kappa shape index (κ1) is 13.0. The van der Waals surface area contributed by atoms with E-state index in [1.807, 2.05) is 0 Å². The molecule has 0 N–H and O–H groups in total. The highest BCUT2D eigenvalue weighted by molar-refractivity contribution is 5.54. The van der Waals surface area contributed by atoms with Crippen LogP contribution in [0.3, 0.4) is 0 Å². The van der Waals surface area contributed by atoms with E-state index in [2.05, 4.69) is 54.8 Å². The van der Waals surface area contributed by atoms with Gasteiger partial charge in [-0.05, 0) is 43.9 Å². The highest BCUT2D eigenvalue weighted by atomic mass is 15.3. The Bertz CT molecular complexity index is 441. The highest BCUT2D eigenvalue weighted by Crippen LogP contribution is 2.32. The summed E-state index contributed by atoms with van der Waals surface area (Å²) < 4.78 is 0. The predicted molar refractivity (Wildman–Crippen MR) is 81.7 cm³/mol. The van der Waals surface area contributed by atoms with E-state index >= 15 is 0 Å². The van der Waals surface area contributed by atoms with E-state index in [1.165, 1.54) is 43.7 Å². The van der Waals surface area contributed by atoms with Gasteiger partial charge in [0.25, 0.3) is 0 Å². The number of hydrogen-bond acceptors (Lipinski definition) is 2. The second-order valence-corrected chi connectivity index (χ2v) is 6.54. The number of benzene rings is 1. The lowest BCUT2D eigenvalue weighted by atomic mass is 9.96. The number of hydrogen-bond donors (Lipinski definition) is 0. The topological polar surface area (TPSA) is 6.48 Å². The number of piperazine rings is 1. The minimum atomic E-state index is 0.662. The van der Waals surface area contributed by atoms with Gasteiger partial charge in [-0.2, -0.15) is 0 Å². The van der Waals surface area contributed by atoms with Gasteiger partial charge < -0.3 is 4.90 Å². The van der Waals surface area contributed by atoms with Crippen molar-refractivity contribution in [2.45, 2.75) is 45.7 Å². The summed E-state index contributed by atoms with van der Waals surface area (Å²) in [5.41, 5.74) is 2.87. The number of anilines is 1. The van der Waals surface area contributed by atoms with Crippen molar-refractivity contribution in [2.24, 2.45) is 5.92 Å². The average molecular weight is 258 g/mol. The molecule has 3 rings (SSSR count). The fraction of sp³-hybridized carbons (Fsp3) is 0.647. The lowest BCUT2D eigenvalue weighted by Gasteiger charge is -2.47. The highest BCUT2D eigenvalue weighted by Gasteiger charge is 2.37. The quantitative estimate of drug-likeness (QED) is 0.803. The van der Waals surface area contributed by atoms with Crippen LogP contribution < -0.4 is 4.90 Å². The zero-order valence-electron chi connectivity index (χ0n) is 12.5. The fourth-order valence-electron chi connectivity index (χ4n) is 3.78. The summed E-state index contributed by atoms with van der Waals surface area (Å²) in [5.74, 6) is 0.709. The van der Waals surface area contributed by atoms with Crippen molar-refractivity contribution in [1.82, 2.24) is 4.90 Å². The van der Waals surface area contributed by atoms with Crippen LogP contribution in [0.15, 0.2) is 24.3 Å². The largest absolute Gasteiger partial charge is 0.365 e. The fourth-order valence-corrected chi connectivity index (χ4v) is 3.78. The number of aryl methyl sites for hydroxylation is 1. The van der Waals surface area contributed by atoms with Gasteiger partial charge in [-0.3, -0.25) is 4.90 Å². The molecule has 1 aromatic rings. The van der Waals surface area contributed by atoms with Crippen molar-refractivity contribution in [1.29, 1.82) is 0 Å². The van der Waals surface area contributed by atoms with Gasteiger partial charge in [-0.25, -0.2) is 0 Å². The molecular weight excluding hydrogens is 232 g/mol. The van der Waals surface area contributed by atoms with Crippen molar-refractivity contribution in [2.75, 3.05) is 24.5 Å². The Morgan fingerprint density at radius 2 is 1.95 bits per heavy atom. The Hall–Kier alpha value is -1.02. The SMILES string of the molecule is Cc1ccccc1N1CC2CCCN2CC1C(C)C. The van der Waals surface area contributed by atoms with Crippen LogP contribution in [0.2, 0.25) is 0 Å². The van der Waals surface area contributed by atoms with Crippen LogP contribution in [0.5, 0.6) is 0 Å². The van der Waals surface area contributed by atoms with Gasteiger partial charge in [0.15, 0.2) is 0 Å². The molecule has 0 bridgehead atoms. The molecule has 0 spiro atoms. The maximum atomic E-state index is 2.72. The second kappa shape index (κ2) is 5.16. The molecule has 2 aliphatic rings. The molecule has 2 aliphatic heterocycles. The predicted octanol–water partition coefficient (Wildman–Crippen LogP) is 3.30. The van der Waals surface area contributed by atoms with Gasteiger partial charge in [-0.1, -0.05) is 32.0 Å². The maximum Gasteiger partial charge on any atom is 0.0440 e. The zero-order valence-corrected chi connectivity index (χ0v) is 12.5. The summed E-state index contributed by atoms with van der Waals surface area (Å²) in [7, 11) is 0. The van der Waals surface area contributed by atoms with Crippen LogP contribution in [0.25, 0.3) is 0 Å². The molecule has 2 heterocycles. The summed E-state index contributed by atoms with van der Waals surface area (Å²) in [4.78, 5) is 5.41. The molecule has 1 aromatic carbocycles. The van der Waals surface area contributed by atoms with Crippen molar-refractivity contribution in [3.8, 4) is 0 Å². The third kappa shape index (κ3) is 2.38. The van der Waals surface area contributed by atoms with Crippen molar-refractivity contribution < 1.29 is 0 Å². The average Bonchev–Trinajstić information content (AvgIpc) is 2.85. The van der Waals surface area contributed by atoms with E-state index in [0.29, 0.717) is 12.0 Å². The van der Waals surface area contributed by atoms with E-state index in [4.69, 9.17) is 0 Å². The normalized spacial score (nSPS) is 27.9. The van der Waals surface area contributed by atoms with Gasteiger partial charge in [0.1, 0.15) is 0 Å². The number of para-hydroxylation sites is 1. The molecule has 2 unspecified atom stereocenters. The zero-order chi connectivity index (χ0) is 13.4. The summed E-state index contributed by atoms with van der Waals surface area (Å²) in [6, 6.07) is 10.3. The lowest BCUT2D eigenvalue weighted by Crippen LogP contribution is -2.58. The first-order valence-electron chi connectivity index (χ1n) is 7.73. The molecule has 19 heavy (non-hydrogen) atoms. The van der Waals surface area contributed by atoms with Crippen LogP contribution in [0.4, 0.5) is 5.69 Å². The Morgan fingerprint density at radius 3 is 2.68 bits per heavy atom. The lowest BCUT2D eigenvalue weighted by molar-refractivity contribution is 0.176. The van der Waals surface area contributed by atoms with E-state index in [0.717, 1.165) is 6.04 Å². The molecule has 2 fully saturated rings. The van der Waals surface area contributed by atoms with Crippen LogP contribution in [0.1, 0.15) is 32.3 Å². The van der Waals surface area contributed by atoms with E-state index in [-0.39, 0.29) is 0 Å². The molecule has 2 heteroatoms. The smallest absolute Gasteiger partial charge is 0.0440 e. The second-order valence-electron chi connectivity index (χ2n) is 6.54. The molecule has 0 aromatic heterocycles. The Morgan fingerprint density at radius 1 is 1.16 bits per heavy atom. The molecule has 0 saturated carbocycles. The molecule has 2 atom stereocenters. The van der Waals surface area contributed by atoms with E-state index < -0.39 is 0 Å². The monoisotopic (exact) mass is 258 g/mol. The summed E-state index contributed by atoms with van der Waals surface area (Å²) in [5, 5.41) is 0. The Kier molecular flexibility index (Phi) is 3.53. The van der Waals surface area contributed by atoms with E-state index in [9.17, 15) is 0 Å². The van der Waals surface area contributed by atoms with Crippen LogP contribution in [-0.4, -0.2) is 36.6 Å². The number of rotatable bonds is 2. The van der Waals surface area contributed by atoms with Crippen molar-refractivity contribution >= 4 is 5.69 Å². The number of nitrogens with zero attached hydrogens (tertiary/aromatic N) is 2.